The molecule has 0 aromatic heterocycles. The SMILES string of the molecule is CCCCCCCCCSC(C)(C)C(=O)O. The molecule has 0 aromatic carbocycles. The second kappa shape index (κ2) is 8.91. The Kier molecular flexibility index (Phi) is 8.81. The molecule has 1 N–H and O–H groups in total. The predicted molar refractivity (Wildman–Crippen MR) is 72.2 cm³/mol. The van der Waals surface area contributed by atoms with Crippen molar-refractivity contribution < 1.29 is 9.90 Å². The van der Waals surface area contributed by atoms with Gasteiger partial charge in [0.1, 0.15) is 4.75 Å². The molecule has 16 heavy (non-hydrogen) atoms. The van der Waals surface area contributed by atoms with Crippen molar-refractivity contribution in [3.05, 3.63) is 0 Å². The van der Waals surface area contributed by atoms with Crippen LogP contribution in [0.15, 0.2) is 0 Å². The van der Waals surface area contributed by atoms with E-state index in [1.165, 1.54) is 38.5 Å². The number of thioether (sulfide) groups is 1. The van der Waals surface area contributed by atoms with Gasteiger partial charge < -0.3 is 5.11 Å². The zero-order chi connectivity index (χ0) is 12.4. The molecule has 0 aliphatic heterocycles. The largest absolute Gasteiger partial charge is 0.480 e. The number of carboxylic acid groups (broad SMARTS) is 1. The molecule has 0 bridgehead atoms. The van der Waals surface area contributed by atoms with Crippen molar-refractivity contribution in [1.82, 2.24) is 0 Å². The summed E-state index contributed by atoms with van der Waals surface area (Å²) in [6.07, 6.45) is 9.02. The maximum atomic E-state index is 10.8. The summed E-state index contributed by atoms with van der Waals surface area (Å²) in [7, 11) is 0. The van der Waals surface area contributed by atoms with E-state index in [-0.39, 0.29) is 0 Å². The van der Waals surface area contributed by atoms with Crippen LogP contribution in [0.5, 0.6) is 0 Å². The highest BCUT2D eigenvalue weighted by atomic mass is 32.2. The van der Waals surface area contributed by atoms with Crippen molar-refractivity contribution >= 4 is 17.7 Å². The van der Waals surface area contributed by atoms with Crippen molar-refractivity contribution in [2.24, 2.45) is 0 Å². The lowest BCUT2D eigenvalue weighted by molar-refractivity contribution is -0.138. The monoisotopic (exact) mass is 246 g/mol. The number of unbranched alkanes of at least 4 members (excludes halogenated alkanes) is 6. The van der Waals surface area contributed by atoms with E-state index in [1.807, 2.05) is 0 Å². The highest BCUT2D eigenvalue weighted by molar-refractivity contribution is 8.01. The molecule has 0 radical (unpaired) electrons. The zero-order valence-corrected chi connectivity index (χ0v) is 11.7. The van der Waals surface area contributed by atoms with Gasteiger partial charge in [0.2, 0.25) is 0 Å². The van der Waals surface area contributed by atoms with E-state index in [0.29, 0.717) is 0 Å². The van der Waals surface area contributed by atoms with Crippen LogP contribution in [0.4, 0.5) is 0 Å². The van der Waals surface area contributed by atoms with Crippen LogP contribution in [-0.4, -0.2) is 21.6 Å². The maximum Gasteiger partial charge on any atom is 0.319 e. The van der Waals surface area contributed by atoms with Gasteiger partial charge in [0, 0.05) is 0 Å². The van der Waals surface area contributed by atoms with E-state index >= 15 is 0 Å². The van der Waals surface area contributed by atoms with Crippen molar-refractivity contribution in [3.63, 3.8) is 0 Å². The number of carboxylic acids is 1. The minimum atomic E-state index is -0.708. The average molecular weight is 246 g/mol. The number of hydrogen-bond donors (Lipinski definition) is 1. The van der Waals surface area contributed by atoms with Gasteiger partial charge in [-0.25, -0.2) is 0 Å². The second-order valence-corrected chi connectivity index (χ2v) is 6.50. The topological polar surface area (TPSA) is 37.3 Å². The fourth-order valence-corrected chi connectivity index (χ4v) is 2.43. The lowest BCUT2D eigenvalue weighted by Crippen LogP contribution is -2.27. The van der Waals surface area contributed by atoms with Crippen LogP contribution in [-0.2, 0) is 4.79 Å². The van der Waals surface area contributed by atoms with Crippen LogP contribution in [0.1, 0.15) is 65.7 Å². The second-order valence-electron chi connectivity index (χ2n) is 4.79. The Labute approximate surface area is 104 Å². The van der Waals surface area contributed by atoms with Crippen LogP contribution in [0.3, 0.4) is 0 Å². The molecule has 0 fully saturated rings. The first-order valence-electron chi connectivity index (χ1n) is 6.38. The molecule has 0 heterocycles. The van der Waals surface area contributed by atoms with E-state index in [9.17, 15) is 4.79 Å². The summed E-state index contributed by atoms with van der Waals surface area (Å²) >= 11 is 1.56. The van der Waals surface area contributed by atoms with Gasteiger partial charge >= 0.3 is 5.97 Å². The van der Waals surface area contributed by atoms with Crippen molar-refractivity contribution in [3.8, 4) is 0 Å². The molecule has 0 aliphatic carbocycles. The molecule has 0 amide bonds. The molecule has 0 rings (SSSR count). The smallest absolute Gasteiger partial charge is 0.319 e. The van der Waals surface area contributed by atoms with E-state index in [4.69, 9.17) is 5.11 Å². The van der Waals surface area contributed by atoms with Gasteiger partial charge in [-0.1, -0.05) is 45.4 Å². The Morgan fingerprint density at radius 3 is 2.06 bits per heavy atom. The van der Waals surface area contributed by atoms with Gasteiger partial charge in [-0.3, -0.25) is 4.79 Å². The molecule has 0 spiro atoms. The molecular formula is C13H26O2S. The van der Waals surface area contributed by atoms with Crippen LogP contribution in [0, 0.1) is 0 Å². The molecule has 0 aromatic rings. The van der Waals surface area contributed by atoms with E-state index in [1.54, 1.807) is 25.6 Å². The van der Waals surface area contributed by atoms with E-state index in [2.05, 4.69) is 6.92 Å². The van der Waals surface area contributed by atoms with Gasteiger partial charge in [-0.15, -0.1) is 11.8 Å². The zero-order valence-electron chi connectivity index (χ0n) is 10.9. The Balaban J connectivity index is 3.30. The minimum absolute atomic E-state index is 0.623. The van der Waals surface area contributed by atoms with Crippen LogP contribution in [0.25, 0.3) is 0 Å². The quantitative estimate of drug-likeness (QED) is 0.583. The standard InChI is InChI=1S/C13H26O2S/c1-4-5-6-7-8-9-10-11-16-13(2,3)12(14)15/h4-11H2,1-3H3,(H,14,15). The highest BCUT2D eigenvalue weighted by Gasteiger charge is 2.26. The summed E-state index contributed by atoms with van der Waals surface area (Å²) in [5.74, 6) is 0.257. The first-order valence-corrected chi connectivity index (χ1v) is 7.36. The average Bonchev–Trinajstić information content (AvgIpc) is 2.21. The normalized spacial score (nSPS) is 11.7. The first kappa shape index (κ1) is 15.8. The molecular weight excluding hydrogens is 220 g/mol. The van der Waals surface area contributed by atoms with Crippen LogP contribution in [0.2, 0.25) is 0 Å². The molecule has 0 atom stereocenters. The number of aliphatic carboxylic acids is 1. The third kappa shape index (κ3) is 8.03. The van der Waals surface area contributed by atoms with Crippen molar-refractivity contribution in [2.45, 2.75) is 70.5 Å². The summed E-state index contributed by atoms with van der Waals surface area (Å²) in [5, 5.41) is 8.92. The van der Waals surface area contributed by atoms with Crippen LogP contribution < -0.4 is 0 Å². The first-order chi connectivity index (χ1) is 7.50. The van der Waals surface area contributed by atoms with E-state index < -0.39 is 10.7 Å². The van der Waals surface area contributed by atoms with Crippen molar-refractivity contribution in [1.29, 1.82) is 0 Å². The molecule has 0 saturated heterocycles. The van der Waals surface area contributed by atoms with Gasteiger partial charge in [-0.2, -0.15) is 0 Å². The molecule has 96 valence electrons. The molecule has 2 nitrogen and oxygen atoms in total. The Hall–Kier alpha value is -0.180. The molecule has 0 aliphatic rings. The molecule has 0 unspecified atom stereocenters. The maximum absolute atomic E-state index is 10.8. The predicted octanol–water partition coefficient (Wildman–Crippen LogP) is 4.33. The Bertz CT molecular complexity index is 190. The lowest BCUT2D eigenvalue weighted by atomic mass is 10.1. The van der Waals surface area contributed by atoms with Gasteiger partial charge in [-0.05, 0) is 26.0 Å². The lowest BCUT2D eigenvalue weighted by Gasteiger charge is -2.17. The number of rotatable bonds is 10. The minimum Gasteiger partial charge on any atom is -0.480 e. The summed E-state index contributed by atoms with van der Waals surface area (Å²) in [4.78, 5) is 10.8. The Morgan fingerprint density at radius 1 is 1.06 bits per heavy atom. The summed E-state index contributed by atoms with van der Waals surface area (Å²) in [5.41, 5.74) is 0. The van der Waals surface area contributed by atoms with Crippen LogP contribution >= 0.6 is 11.8 Å². The van der Waals surface area contributed by atoms with Gasteiger partial charge in [0.25, 0.3) is 0 Å². The summed E-state index contributed by atoms with van der Waals surface area (Å²) in [6.45, 7) is 5.78. The van der Waals surface area contributed by atoms with Gasteiger partial charge in [0.05, 0.1) is 0 Å². The number of hydrogen-bond acceptors (Lipinski definition) is 2. The highest BCUT2D eigenvalue weighted by Crippen LogP contribution is 2.25. The Morgan fingerprint density at radius 2 is 1.56 bits per heavy atom. The van der Waals surface area contributed by atoms with E-state index in [0.717, 1.165) is 12.2 Å². The van der Waals surface area contributed by atoms with Crippen molar-refractivity contribution in [2.75, 3.05) is 5.75 Å². The number of carbonyl (C=O) groups is 1. The summed E-state index contributed by atoms with van der Waals surface area (Å²) < 4.78 is -0.623. The fraction of sp³-hybridized carbons (Fsp3) is 0.923. The molecule has 0 saturated carbocycles. The molecule has 3 heteroatoms. The third-order valence-electron chi connectivity index (χ3n) is 2.73. The third-order valence-corrected chi connectivity index (χ3v) is 4.11. The van der Waals surface area contributed by atoms with Gasteiger partial charge in [0.15, 0.2) is 0 Å². The summed E-state index contributed by atoms with van der Waals surface area (Å²) in [6, 6.07) is 0. The fourth-order valence-electron chi connectivity index (χ4n) is 1.45.